The van der Waals surface area contributed by atoms with Crippen LogP contribution in [0.5, 0.6) is 5.75 Å². The third-order valence-corrected chi connectivity index (χ3v) is 3.06. The standard InChI is InChI=1S/C15H22N2O4/c1-3-8-17(10-14(19)21-2)15(20)13(16)9-11-4-6-12(18)7-5-11/h4-7,13,18H,3,8-10,16H2,1-2H3. The van der Waals surface area contributed by atoms with Crippen LogP contribution in [0.4, 0.5) is 0 Å². The number of nitrogens with zero attached hydrogens (tertiary/aromatic N) is 1. The van der Waals surface area contributed by atoms with Crippen molar-refractivity contribution in [1.82, 2.24) is 4.90 Å². The molecule has 1 atom stereocenters. The van der Waals surface area contributed by atoms with Gasteiger partial charge >= 0.3 is 5.97 Å². The van der Waals surface area contributed by atoms with Crippen LogP contribution in [0.3, 0.4) is 0 Å². The molecule has 21 heavy (non-hydrogen) atoms. The fraction of sp³-hybridized carbons (Fsp3) is 0.467. The van der Waals surface area contributed by atoms with E-state index < -0.39 is 12.0 Å². The highest BCUT2D eigenvalue weighted by Gasteiger charge is 2.23. The quantitative estimate of drug-likeness (QED) is 0.721. The summed E-state index contributed by atoms with van der Waals surface area (Å²) in [5.41, 5.74) is 6.78. The number of aromatic hydroxyl groups is 1. The number of carbonyl (C=O) groups is 2. The monoisotopic (exact) mass is 294 g/mol. The van der Waals surface area contributed by atoms with E-state index in [2.05, 4.69) is 4.74 Å². The Balaban J connectivity index is 2.68. The van der Waals surface area contributed by atoms with Gasteiger partial charge in [-0.25, -0.2) is 0 Å². The average molecular weight is 294 g/mol. The fourth-order valence-corrected chi connectivity index (χ4v) is 1.97. The van der Waals surface area contributed by atoms with Gasteiger partial charge in [-0.3, -0.25) is 9.59 Å². The average Bonchev–Trinajstić information content (AvgIpc) is 2.48. The van der Waals surface area contributed by atoms with Gasteiger partial charge in [-0.2, -0.15) is 0 Å². The zero-order valence-corrected chi connectivity index (χ0v) is 12.4. The minimum Gasteiger partial charge on any atom is -0.508 e. The molecular weight excluding hydrogens is 272 g/mol. The molecular formula is C15H22N2O4. The third-order valence-electron chi connectivity index (χ3n) is 3.06. The SMILES string of the molecule is CCCN(CC(=O)OC)C(=O)C(N)Cc1ccc(O)cc1. The van der Waals surface area contributed by atoms with Crippen molar-refractivity contribution < 1.29 is 19.4 Å². The van der Waals surface area contributed by atoms with Gasteiger partial charge in [0.1, 0.15) is 12.3 Å². The minimum atomic E-state index is -0.731. The lowest BCUT2D eigenvalue weighted by Crippen LogP contribution is -2.47. The first kappa shape index (κ1) is 17.0. The minimum absolute atomic E-state index is 0.0908. The van der Waals surface area contributed by atoms with Crippen LogP contribution in [0.15, 0.2) is 24.3 Å². The molecule has 1 aromatic rings. The molecule has 0 radical (unpaired) electrons. The van der Waals surface area contributed by atoms with Crippen LogP contribution in [0.1, 0.15) is 18.9 Å². The number of phenolic OH excluding ortho intramolecular Hbond substituents is 1. The van der Waals surface area contributed by atoms with Gasteiger partial charge in [0.05, 0.1) is 13.2 Å². The largest absolute Gasteiger partial charge is 0.508 e. The number of phenols is 1. The van der Waals surface area contributed by atoms with Crippen molar-refractivity contribution in [3.05, 3.63) is 29.8 Å². The third kappa shape index (κ3) is 5.43. The maximum atomic E-state index is 12.3. The van der Waals surface area contributed by atoms with E-state index in [0.29, 0.717) is 13.0 Å². The number of hydrogen-bond acceptors (Lipinski definition) is 5. The van der Waals surface area contributed by atoms with Gasteiger partial charge in [0.2, 0.25) is 5.91 Å². The van der Waals surface area contributed by atoms with Crippen molar-refractivity contribution in [2.45, 2.75) is 25.8 Å². The van der Waals surface area contributed by atoms with Gasteiger partial charge < -0.3 is 20.5 Å². The number of carbonyl (C=O) groups excluding carboxylic acids is 2. The number of ether oxygens (including phenoxy) is 1. The molecule has 0 spiro atoms. The number of esters is 1. The molecule has 0 aliphatic heterocycles. The first-order valence-electron chi connectivity index (χ1n) is 6.87. The summed E-state index contributed by atoms with van der Waals surface area (Å²) in [5.74, 6) is -0.582. The summed E-state index contributed by atoms with van der Waals surface area (Å²) in [5, 5.41) is 9.23. The Bertz CT molecular complexity index is 473. The van der Waals surface area contributed by atoms with E-state index in [4.69, 9.17) is 5.73 Å². The van der Waals surface area contributed by atoms with E-state index in [1.54, 1.807) is 24.3 Å². The van der Waals surface area contributed by atoms with E-state index in [-0.39, 0.29) is 18.2 Å². The molecule has 0 aliphatic carbocycles. The molecule has 0 saturated carbocycles. The second kappa shape index (κ2) is 8.26. The van der Waals surface area contributed by atoms with Crippen LogP contribution in [-0.4, -0.2) is 48.1 Å². The summed E-state index contributed by atoms with van der Waals surface area (Å²) in [4.78, 5) is 25.0. The van der Waals surface area contributed by atoms with E-state index in [0.717, 1.165) is 12.0 Å². The summed E-state index contributed by atoms with van der Waals surface area (Å²) in [6, 6.07) is 5.79. The topological polar surface area (TPSA) is 92.9 Å². The van der Waals surface area contributed by atoms with Gasteiger partial charge in [-0.05, 0) is 30.5 Å². The molecule has 6 heteroatoms. The second-order valence-electron chi connectivity index (χ2n) is 4.81. The first-order valence-corrected chi connectivity index (χ1v) is 6.87. The van der Waals surface area contributed by atoms with Crippen LogP contribution in [-0.2, 0) is 20.7 Å². The van der Waals surface area contributed by atoms with E-state index in [1.165, 1.54) is 12.0 Å². The zero-order valence-electron chi connectivity index (χ0n) is 12.4. The Kier molecular flexibility index (Phi) is 6.68. The Morgan fingerprint density at radius 2 is 1.95 bits per heavy atom. The molecule has 0 fully saturated rings. The van der Waals surface area contributed by atoms with Crippen LogP contribution < -0.4 is 5.73 Å². The maximum absolute atomic E-state index is 12.3. The summed E-state index contributed by atoms with van der Waals surface area (Å²) >= 11 is 0. The Morgan fingerprint density at radius 3 is 2.48 bits per heavy atom. The molecule has 1 unspecified atom stereocenters. The summed E-state index contributed by atoms with van der Waals surface area (Å²) < 4.78 is 4.59. The molecule has 1 rings (SSSR count). The normalized spacial score (nSPS) is 11.8. The molecule has 3 N–H and O–H groups in total. The molecule has 0 heterocycles. The highest BCUT2D eigenvalue weighted by atomic mass is 16.5. The summed E-state index contributed by atoms with van der Waals surface area (Å²) in [7, 11) is 1.29. The Morgan fingerprint density at radius 1 is 1.33 bits per heavy atom. The number of rotatable bonds is 7. The van der Waals surface area contributed by atoms with Crippen molar-refractivity contribution in [3.8, 4) is 5.75 Å². The van der Waals surface area contributed by atoms with Crippen molar-refractivity contribution in [1.29, 1.82) is 0 Å². The predicted molar refractivity (Wildman–Crippen MR) is 78.7 cm³/mol. The van der Waals surface area contributed by atoms with E-state index in [1.807, 2.05) is 6.92 Å². The van der Waals surface area contributed by atoms with E-state index >= 15 is 0 Å². The number of amides is 1. The van der Waals surface area contributed by atoms with Crippen LogP contribution in [0, 0.1) is 0 Å². The zero-order chi connectivity index (χ0) is 15.8. The molecule has 116 valence electrons. The van der Waals surface area contributed by atoms with E-state index in [9.17, 15) is 14.7 Å². The van der Waals surface area contributed by atoms with Crippen LogP contribution in [0.25, 0.3) is 0 Å². The number of nitrogens with two attached hydrogens (primary N) is 1. The number of benzene rings is 1. The van der Waals surface area contributed by atoms with Gasteiger partial charge in [-0.1, -0.05) is 19.1 Å². The van der Waals surface area contributed by atoms with Gasteiger partial charge in [0, 0.05) is 6.54 Å². The van der Waals surface area contributed by atoms with Crippen molar-refractivity contribution in [3.63, 3.8) is 0 Å². The Labute approximate surface area is 124 Å². The molecule has 0 saturated heterocycles. The predicted octanol–water partition coefficient (Wildman–Crippen LogP) is 0.674. The van der Waals surface area contributed by atoms with Crippen molar-refractivity contribution in [2.75, 3.05) is 20.2 Å². The molecule has 1 amide bonds. The second-order valence-corrected chi connectivity index (χ2v) is 4.81. The summed E-state index contributed by atoms with van der Waals surface area (Å²) in [6.07, 6.45) is 1.08. The highest BCUT2D eigenvalue weighted by molar-refractivity contribution is 5.85. The fourth-order valence-electron chi connectivity index (χ4n) is 1.97. The number of hydrogen-bond donors (Lipinski definition) is 2. The van der Waals surface area contributed by atoms with Crippen LogP contribution >= 0.6 is 0 Å². The van der Waals surface area contributed by atoms with Crippen LogP contribution in [0.2, 0.25) is 0 Å². The number of methoxy groups -OCH3 is 1. The van der Waals surface area contributed by atoms with Gasteiger partial charge in [0.15, 0.2) is 0 Å². The lowest BCUT2D eigenvalue weighted by molar-refractivity contribution is -0.147. The van der Waals surface area contributed by atoms with Gasteiger partial charge in [-0.15, -0.1) is 0 Å². The lowest BCUT2D eigenvalue weighted by Gasteiger charge is -2.24. The lowest BCUT2D eigenvalue weighted by atomic mass is 10.1. The Hall–Kier alpha value is -2.08. The smallest absolute Gasteiger partial charge is 0.325 e. The molecule has 0 aromatic heterocycles. The van der Waals surface area contributed by atoms with Crippen molar-refractivity contribution >= 4 is 11.9 Å². The molecule has 6 nitrogen and oxygen atoms in total. The molecule has 0 bridgehead atoms. The first-order chi connectivity index (χ1) is 9.97. The van der Waals surface area contributed by atoms with Crippen molar-refractivity contribution in [2.24, 2.45) is 5.73 Å². The highest BCUT2D eigenvalue weighted by Crippen LogP contribution is 2.11. The van der Waals surface area contributed by atoms with Gasteiger partial charge in [0.25, 0.3) is 0 Å². The summed E-state index contributed by atoms with van der Waals surface area (Å²) in [6.45, 7) is 2.28. The molecule has 1 aromatic carbocycles. The molecule has 0 aliphatic rings. The maximum Gasteiger partial charge on any atom is 0.325 e.